The van der Waals surface area contributed by atoms with Crippen molar-refractivity contribution in [2.75, 3.05) is 12.3 Å². The maximum atomic E-state index is 13.3. The molecule has 0 radical (unpaired) electrons. The number of aromatic nitrogens is 1. The molecule has 0 saturated carbocycles. The normalized spacial score (nSPS) is 18.5. The second-order valence-corrected chi connectivity index (χ2v) is 7.96. The Morgan fingerprint density at radius 1 is 1.17 bits per heavy atom. The predicted molar refractivity (Wildman–Crippen MR) is 111 cm³/mol. The maximum absolute atomic E-state index is 13.3. The van der Waals surface area contributed by atoms with E-state index in [1.165, 1.54) is 40.9 Å². The number of fused-ring (bicyclic) bond motifs is 1. The molecule has 30 heavy (non-hydrogen) atoms. The summed E-state index contributed by atoms with van der Waals surface area (Å²) in [6.07, 6.45) is 0. The number of thioether (sulfide) groups is 1. The van der Waals surface area contributed by atoms with Crippen LogP contribution in [-0.2, 0) is 9.59 Å². The quantitative estimate of drug-likeness (QED) is 0.581. The number of para-hydroxylation sites is 1. The Bertz CT molecular complexity index is 1080. The van der Waals surface area contributed by atoms with E-state index in [1.807, 2.05) is 24.3 Å². The van der Waals surface area contributed by atoms with Crippen LogP contribution >= 0.6 is 11.8 Å². The highest BCUT2D eigenvalue weighted by atomic mass is 32.2. The number of carboxylic acid groups (broad SMARTS) is 1. The van der Waals surface area contributed by atoms with Crippen LogP contribution in [-0.4, -0.2) is 51.1 Å². The topological polar surface area (TPSA) is 102 Å². The average molecular weight is 427 g/mol. The molecule has 2 amide bonds. The Morgan fingerprint density at radius 3 is 2.60 bits per heavy atom. The van der Waals surface area contributed by atoms with Crippen molar-refractivity contribution < 1.29 is 23.9 Å². The molecular weight excluding hydrogens is 409 g/mol. The van der Waals surface area contributed by atoms with Crippen molar-refractivity contribution in [1.29, 1.82) is 0 Å². The Morgan fingerprint density at radius 2 is 1.90 bits per heavy atom. The molecular formula is C21H18FN3O4S. The second-order valence-electron chi connectivity index (χ2n) is 6.85. The van der Waals surface area contributed by atoms with Crippen LogP contribution in [0, 0.1) is 5.82 Å². The number of rotatable bonds is 5. The Balaban J connectivity index is 1.49. The number of benzene rings is 2. The molecule has 0 bridgehead atoms. The first kappa shape index (κ1) is 20.0. The number of nitrogens with one attached hydrogen (secondary N) is 2. The van der Waals surface area contributed by atoms with E-state index in [9.17, 15) is 23.9 Å². The third kappa shape index (κ3) is 3.88. The lowest BCUT2D eigenvalue weighted by Gasteiger charge is -2.27. The molecule has 3 N–H and O–H groups in total. The molecule has 4 rings (SSSR count). The summed E-state index contributed by atoms with van der Waals surface area (Å²) in [5, 5.41) is 12.4. The van der Waals surface area contributed by atoms with E-state index >= 15 is 0 Å². The first-order chi connectivity index (χ1) is 14.4. The molecule has 154 valence electrons. The van der Waals surface area contributed by atoms with Crippen LogP contribution < -0.4 is 5.32 Å². The molecule has 7 nitrogen and oxygen atoms in total. The number of hydrogen-bond acceptors (Lipinski definition) is 4. The van der Waals surface area contributed by atoms with Crippen LogP contribution in [0.25, 0.3) is 10.9 Å². The van der Waals surface area contributed by atoms with Gasteiger partial charge in [-0.2, -0.15) is 0 Å². The van der Waals surface area contributed by atoms with Gasteiger partial charge in [0.05, 0.1) is 6.54 Å². The van der Waals surface area contributed by atoms with Gasteiger partial charge in [-0.3, -0.25) is 9.59 Å². The summed E-state index contributed by atoms with van der Waals surface area (Å²) in [7, 11) is 0. The second kappa shape index (κ2) is 8.19. The van der Waals surface area contributed by atoms with Crippen LogP contribution in [0.4, 0.5) is 4.39 Å². The van der Waals surface area contributed by atoms with E-state index in [1.54, 1.807) is 6.07 Å². The molecule has 0 aliphatic carbocycles. The number of carbonyl (C=O) groups is 3. The number of H-pyrrole nitrogens is 1. The van der Waals surface area contributed by atoms with Crippen LogP contribution in [0.5, 0.6) is 0 Å². The summed E-state index contributed by atoms with van der Waals surface area (Å²) in [5.74, 6) is -2.32. The number of aliphatic carboxylic acids is 1. The van der Waals surface area contributed by atoms with Gasteiger partial charge in [0, 0.05) is 16.7 Å². The van der Waals surface area contributed by atoms with Crippen molar-refractivity contribution in [3.05, 3.63) is 71.7 Å². The van der Waals surface area contributed by atoms with E-state index in [-0.39, 0.29) is 12.3 Å². The number of nitrogens with zero attached hydrogens (tertiary/aromatic N) is 1. The van der Waals surface area contributed by atoms with Gasteiger partial charge in [0.2, 0.25) is 5.91 Å². The molecule has 1 fully saturated rings. The fourth-order valence-corrected chi connectivity index (χ4v) is 4.87. The lowest BCUT2D eigenvalue weighted by molar-refractivity contribution is -0.148. The Hall–Kier alpha value is -3.33. The summed E-state index contributed by atoms with van der Waals surface area (Å²) in [4.78, 5) is 41.2. The smallest absolute Gasteiger partial charge is 0.327 e. The number of hydrogen-bond donors (Lipinski definition) is 3. The Kier molecular flexibility index (Phi) is 5.45. The predicted octanol–water partition coefficient (Wildman–Crippen LogP) is 2.76. The third-order valence-corrected chi connectivity index (χ3v) is 6.23. The molecule has 2 atom stereocenters. The van der Waals surface area contributed by atoms with Crippen LogP contribution in [0.15, 0.2) is 54.6 Å². The standard InChI is InChI=1S/C21H18FN3O4S/c22-14-7-5-12(6-8-14)20-25(17(11-30-20)21(28)29)18(26)10-23-19(27)16-9-13-3-1-2-4-15(13)24-16/h1-9,17,20,24H,10-11H2,(H,23,27)(H,28,29)/t17-,20+/m0/s1. The van der Waals surface area contributed by atoms with Gasteiger partial charge in [-0.1, -0.05) is 30.3 Å². The van der Waals surface area contributed by atoms with E-state index in [2.05, 4.69) is 10.3 Å². The van der Waals surface area contributed by atoms with Gasteiger partial charge in [0.15, 0.2) is 0 Å². The van der Waals surface area contributed by atoms with Gasteiger partial charge in [0.1, 0.15) is 22.9 Å². The minimum absolute atomic E-state index is 0.207. The van der Waals surface area contributed by atoms with Crippen molar-refractivity contribution in [3.8, 4) is 0 Å². The first-order valence-corrected chi connectivity index (χ1v) is 10.3. The largest absolute Gasteiger partial charge is 0.480 e. The summed E-state index contributed by atoms with van der Waals surface area (Å²) in [6.45, 7) is -0.351. The third-order valence-electron chi connectivity index (χ3n) is 4.90. The van der Waals surface area contributed by atoms with E-state index < -0.39 is 35.0 Å². The summed E-state index contributed by atoms with van der Waals surface area (Å²) in [5.41, 5.74) is 1.73. The zero-order chi connectivity index (χ0) is 21.3. The molecule has 2 heterocycles. The lowest BCUT2D eigenvalue weighted by Crippen LogP contribution is -2.47. The highest BCUT2D eigenvalue weighted by molar-refractivity contribution is 7.99. The minimum Gasteiger partial charge on any atom is -0.480 e. The molecule has 1 aliphatic rings. The highest BCUT2D eigenvalue weighted by Gasteiger charge is 2.42. The van der Waals surface area contributed by atoms with Gasteiger partial charge in [-0.05, 0) is 29.8 Å². The number of carbonyl (C=O) groups excluding carboxylic acids is 2. The summed E-state index contributed by atoms with van der Waals surface area (Å²) in [6, 6.07) is 13.6. The van der Waals surface area contributed by atoms with Gasteiger partial charge < -0.3 is 20.3 Å². The van der Waals surface area contributed by atoms with Crippen molar-refractivity contribution in [1.82, 2.24) is 15.2 Å². The monoisotopic (exact) mass is 427 g/mol. The van der Waals surface area contributed by atoms with Crippen LogP contribution in [0.2, 0.25) is 0 Å². The molecule has 0 unspecified atom stereocenters. The van der Waals surface area contributed by atoms with Crippen LogP contribution in [0.1, 0.15) is 21.4 Å². The first-order valence-electron chi connectivity index (χ1n) is 9.21. The number of halogens is 1. The summed E-state index contributed by atoms with van der Waals surface area (Å²) < 4.78 is 13.3. The molecule has 3 aromatic rings. The molecule has 1 aliphatic heterocycles. The summed E-state index contributed by atoms with van der Waals surface area (Å²) >= 11 is 1.29. The molecule has 1 saturated heterocycles. The van der Waals surface area contributed by atoms with Crippen molar-refractivity contribution in [3.63, 3.8) is 0 Å². The molecule has 2 aromatic carbocycles. The van der Waals surface area contributed by atoms with Crippen LogP contribution in [0.3, 0.4) is 0 Å². The number of carboxylic acids is 1. The number of aromatic amines is 1. The van der Waals surface area contributed by atoms with Gasteiger partial charge >= 0.3 is 5.97 Å². The van der Waals surface area contributed by atoms with Crippen molar-refractivity contribution in [2.45, 2.75) is 11.4 Å². The van der Waals surface area contributed by atoms with Crippen molar-refractivity contribution in [2.24, 2.45) is 0 Å². The van der Waals surface area contributed by atoms with E-state index in [0.29, 0.717) is 11.3 Å². The van der Waals surface area contributed by atoms with Crippen molar-refractivity contribution >= 4 is 40.4 Å². The molecule has 9 heteroatoms. The number of amides is 2. The SMILES string of the molecule is O=C(NCC(=O)N1[C@@H](c2ccc(F)cc2)SC[C@H]1C(=O)O)c1cc2ccccc2[nH]1. The maximum Gasteiger partial charge on any atom is 0.327 e. The molecule has 0 spiro atoms. The molecule has 1 aromatic heterocycles. The van der Waals surface area contributed by atoms with E-state index in [0.717, 1.165) is 10.9 Å². The lowest BCUT2D eigenvalue weighted by atomic mass is 10.1. The minimum atomic E-state index is -1.12. The van der Waals surface area contributed by atoms with Gasteiger partial charge in [-0.25, -0.2) is 9.18 Å². The van der Waals surface area contributed by atoms with Gasteiger partial charge in [-0.15, -0.1) is 11.8 Å². The highest BCUT2D eigenvalue weighted by Crippen LogP contribution is 2.41. The van der Waals surface area contributed by atoms with Gasteiger partial charge in [0.25, 0.3) is 5.91 Å². The van der Waals surface area contributed by atoms with E-state index in [4.69, 9.17) is 0 Å². The Labute approximate surface area is 175 Å². The average Bonchev–Trinajstić information content (AvgIpc) is 3.37. The zero-order valence-corrected chi connectivity index (χ0v) is 16.5. The zero-order valence-electron chi connectivity index (χ0n) is 15.7. The fourth-order valence-electron chi connectivity index (χ4n) is 3.42. The fraction of sp³-hybridized carbons (Fsp3) is 0.190.